The van der Waals surface area contributed by atoms with Crippen LogP contribution in [0.1, 0.15) is 10.4 Å². The normalized spacial score (nSPS) is 10.7. The molecule has 5 nitrogen and oxygen atoms in total. The van der Waals surface area contributed by atoms with E-state index >= 15 is 0 Å². The van der Waals surface area contributed by atoms with Crippen molar-refractivity contribution in [3.05, 3.63) is 54.0 Å². The summed E-state index contributed by atoms with van der Waals surface area (Å²) in [5.41, 5.74) is 7.31. The standard InChI is InChI=1S/C14H11FN4O/c15-9-4-8(5-10(16)6-9)14(20)18-12-2-1-3-13-11(12)7-17-19-13/h1-7H,16H2,(H,17,19)(H,18,20). The number of aromatic amines is 1. The number of carbonyl (C=O) groups is 1. The topological polar surface area (TPSA) is 83.8 Å². The van der Waals surface area contributed by atoms with E-state index in [0.717, 1.165) is 23.0 Å². The molecule has 2 aromatic carbocycles. The summed E-state index contributed by atoms with van der Waals surface area (Å²) in [6.07, 6.45) is 1.62. The molecule has 1 amide bonds. The van der Waals surface area contributed by atoms with Crippen molar-refractivity contribution in [2.45, 2.75) is 0 Å². The van der Waals surface area contributed by atoms with Crippen molar-refractivity contribution in [1.82, 2.24) is 10.2 Å². The number of H-pyrrole nitrogens is 1. The van der Waals surface area contributed by atoms with Gasteiger partial charge in [0.05, 0.1) is 17.4 Å². The van der Waals surface area contributed by atoms with E-state index < -0.39 is 11.7 Å². The molecule has 0 atom stereocenters. The molecule has 0 saturated heterocycles. The molecule has 1 heterocycles. The number of nitrogens with two attached hydrogens (primary N) is 1. The first kappa shape index (κ1) is 12.2. The first-order valence-corrected chi connectivity index (χ1v) is 5.93. The molecule has 0 saturated carbocycles. The third-order valence-electron chi connectivity index (χ3n) is 2.92. The number of rotatable bonds is 2. The summed E-state index contributed by atoms with van der Waals surface area (Å²) in [6, 6.07) is 9.11. The highest BCUT2D eigenvalue weighted by Crippen LogP contribution is 2.22. The Hall–Kier alpha value is -2.89. The molecule has 3 rings (SSSR count). The van der Waals surface area contributed by atoms with Crippen LogP contribution in [0.2, 0.25) is 0 Å². The van der Waals surface area contributed by atoms with E-state index in [9.17, 15) is 9.18 Å². The van der Waals surface area contributed by atoms with Gasteiger partial charge in [0.15, 0.2) is 0 Å². The van der Waals surface area contributed by atoms with Gasteiger partial charge in [-0.25, -0.2) is 4.39 Å². The van der Waals surface area contributed by atoms with Gasteiger partial charge < -0.3 is 11.1 Å². The highest BCUT2D eigenvalue weighted by Gasteiger charge is 2.10. The van der Waals surface area contributed by atoms with Crippen molar-refractivity contribution in [2.24, 2.45) is 0 Å². The highest BCUT2D eigenvalue weighted by molar-refractivity contribution is 6.08. The molecule has 0 aliphatic carbocycles. The predicted octanol–water partition coefficient (Wildman–Crippen LogP) is 2.54. The van der Waals surface area contributed by atoms with Crippen LogP contribution >= 0.6 is 0 Å². The first-order valence-electron chi connectivity index (χ1n) is 5.93. The van der Waals surface area contributed by atoms with Crippen molar-refractivity contribution >= 4 is 28.2 Å². The lowest BCUT2D eigenvalue weighted by atomic mass is 10.1. The Morgan fingerprint density at radius 3 is 2.95 bits per heavy atom. The predicted molar refractivity (Wildman–Crippen MR) is 74.9 cm³/mol. The Labute approximate surface area is 113 Å². The van der Waals surface area contributed by atoms with Gasteiger partial charge in [-0.2, -0.15) is 5.10 Å². The molecule has 0 aliphatic heterocycles. The molecule has 3 aromatic rings. The minimum Gasteiger partial charge on any atom is -0.399 e. The summed E-state index contributed by atoms with van der Waals surface area (Å²) in [6.45, 7) is 0. The minimum atomic E-state index is -0.545. The van der Waals surface area contributed by atoms with Crippen LogP contribution in [0.15, 0.2) is 42.6 Å². The molecular weight excluding hydrogens is 259 g/mol. The lowest BCUT2D eigenvalue weighted by Gasteiger charge is -2.07. The SMILES string of the molecule is Nc1cc(F)cc(C(=O)Nc2cccc3[nH]ncc23)c1. The summed E-state index contributed by atoms with van der Waals surface area (Å²) in [4.78, 5) is 12.1. The zero-order valence-corrected chi connectivity index (χ0v) is 10.4. The Morgan fingerprint density at radius 1 is 1.30 bits per heavy atom. The van der Waals surface area contributed by atoms with Gasteiger partial charge in [-0.15, -0.1) is 0 Å². The molecule has 0 radical (unpaired) electrons. The van der Waals surface area contributed by atoms with E-state index in [1.807, 2.05) is 6.07 Å². The number of nitrogens with one attached hydrogen (secondary N) is 2. The summed E-state index contributed by atoms with van der Waals surface area (Å²) < 4.78 is 13.3. The van der Waals surface area contributed by atoms with Crippen LogP contribution in [0, 0.1) is 5.82 Å². The molecule has 0 unspecified atom stereocenters. The van der Waals surface area contributed by atoms with Crippen LogP contribution in [-0.4, -0.2) is 16.1 Å². The highest BCUT2D eigenvalue weighted by atomic mass is 19.1. The second-order valence-corrected chi connectivity index (χ2v) is 4.36. The van der Waals surface area contributed by atoms with Gasteiger partial charge in [-0.05, 0) is 30.3 Å². The number of fused-ring (bicyclic) bond motifs is 1. The van der Waals surface area contributed by atoms with Gasteiger partial charge in [0.25, 0.3) is 5.91 Å². The average Bonchev–Trinajstić information content (AvgIpc) is 2.87. The number of carbonyl (C=O) groups excluding carboxylic acids is 1. The Morgan fingerprint density at radius 2 is 2.15 bits per heavy atom. The maximum atomic E-state index is 13.3. The smallest absolute Gasteiger partial charge is 0.255 e. The Kier molecular flexibility index (Phi) is 2.83. The van der Waals surface area contributed by atoms with Gasteiger partial charge in [0.1, 0.15) is 5.82 Å². The number of benzene rings is 2. The molecule has 4 N–H and O–H groups in total. The zero-order valence-electron chi connectivity index (χ0n) is 10.4. The minimum absolute atomic E-state index is 0.169. The molecule has 20 heavy (non-hydrogen) atoms. The van der Waals surface area contributed by atoms with Crippen molar-refractivity contribution < 1.29 is 9.18 Å². The van der Waals surface area contributed by atoms with E-state index in [1.54, 1.807) is 18.3 Å². The lowest BCUT2D eigenvalue weighted by Crippen LogP contribution is -2.12. The second-order valence-electron chi connectivity index (χ2n) is 4.36. The largest absolute Gasteiger partial charge is 0.399 e. The Balaban J connectivity index is 1.94. The van der Waals surface area contributed by atoms with Crippen LogP contribution in [0.4, 0.5) is 15.8 Å². The van der Waals surface area contributed by atoms with E-state index in [2.05, 4.69) is 15.5 Å². The fraction of sp³-hybridized carbons (Fsp3) is 0. The number of amides is 1. The molecule has 0 bridgehead atoms. The maximum absolute atomic E-state index is 13.3. The van der Waals surface area contributed by atoms with Crippen LogP contribution in [-0.2, 0) is 0 Å². The number of hydrogen-bond donors (Lipinski definition) is 3. The lowest BCUT2D eigenvalue weighted by molar-refractivity contribution is 0.102. The zero-order chi connectivity index (χ0) is 14.1. The van der Waals surface area contributed by atoms with Crippen molar-refractivity contribution in [3.63, 3.8) is 0 Å². The summed E-state index contributed by atoms with van der Waals surface area (Å²) >= 11 is 0. The Bertz CT molecular complexity index is 776. The molecule has 100 valence electrons. The van der Waals surface area contributed by atoms with Gasteiger partial charge in [0, 0.05) is 16.6 Å². The quantitative estimate of drug-likeness (QED) is 0.626. The molecular formula is C14H11FN4O. The number of halogens is 1. The summed E-state index contributed by atoms with van der Waals surface area (Å²) in [5, 5.41) is 10.2. The molecule has 1 aromatic heterocycles. The second kappa shape index (κ2) is 4.65. The number of nitrogen functional groups attached to an aromatic ring is 1. The number of anilines is 2. The van der Waals surface area contributed by atoms with Crippen molar-refractivity contribution in [1.29, 1.82) is 0 Å². The maximum Gasteiger partial charge on any atom is 0.255 e. The first-order chi connectivity index (χ1) is 9.63. The van der Waals surface area contributed by atoms with Crippen molar-refractivity contribution in [2.75, 3.05) is 11.1 Å². The van der Waals surface area contributed by atoms with Crippen molar-refractivity contribution in [3.8, 4) is 0 Å². The van der Waals surface area contributed by atoms with Crippen LogP contribution < -0.4 is 11.1 Å². The average molecular weight is 270 g/mol. The molecule has 6 heteroatoms. The van der Waals surface area contributed by atoms with Crippen LogP contribution in [0.3, 0.4) is 0 Å². The molecule has 0 aliphatic rings. The van der Waals surface area contributed by atoms with Crippen LogP contribution in [0.25, 0.3) is 10.9 Å². The van der Waals surface area contributed by atoms with Gasteiger partial charge in [0.2, 0.25) is 0 Å². The fourth-order valence-electron chi connectivity index (χ4n) is 2.02. The monoisotopic (exact) mass is 270 g/mol. The summed E-state index contributed by atoms with van der Waals surface area (Å²) in [7, 11) is 0. The van der Waals surface area contributed by atoms with E-state index in [0.29, 0.717) is 5.69 Å². The summed E-state index contributed by atoms with van der Waals surface area (Å²) in [5.74, 6) is -0.971. The molecule has 0 fully saturated rings. The third kappa shape index (κ3) is 2.18. The van der Waals surface area contributed by atoms with Gasteiger partial charge >= 0.3 is 0 Å². The van der Waals surface area contributed by atoms with Gasteiger partial charge in [-0.3, -0.25) is 9.89 Å². The van der Waals surface area contributed by atoms with Gasteiger partial charge in [-0.1, -0.05) is 6.07 Å². The number of hydrogen-bond acceptors (Lipinski definition) is 3. The number of nitrogens with zero attached hydrogens (tertiary/aromatic N) is 1. The van der Waals surface area contributed by atoms with E-state index in [4.69, 9.17) is 5.73 Å². The fourth-order valence-corrected chi connectivity index (χ4v) is 2.02. The molecule has 0 spiro atoms. The van der Waals surface area contributed by atoms with E-state index in [1.165, 1.54) is 6.07 Å². The number of aromatic nitrogens is 2. The van der Waals surface area contributed by atoms with Crippen LogP contribution in [0.5, 0.6) is 0 Å². The third-order valence-corrected chi connectivity index (χ3v) is 2.92. The van der Waals surface area contributed by atoms with E-state index in [-0.39, 0.29) is 11.3 Å².